The van der Waals surface area contributed by atoms with Gasteiger partial charge in [0.15, 0.2) is 0 Å². The van der Waals surface area contributed by atoms with Crippen LogP contribution in [-0.2, 0) is 6.54 Å². The summed E-state index contributed by atoms with van der Waals surface area (Å²) in [6, 6.07) is 7.77. The fourth-order valence-corrected chi connectivity index (χ4v) is 1.52. The first-order valence-electron chi connectivity index (χ1n) is 4.68. The molecular weight excluding hydrogens is 228 g/mol. The minimum atomic E-state index is 0.254. The van der Waals surface area contributed by atoms with Gasteiger partial charge in [-0.05, 0) is 11.6 Å². The predicted octanol–water partition coefficient (Wildman–Crippen LogP) is 1.57. The van der Waals surface area contributed by atoms with E-state index in [1.165, 1.54) is 7.11 Å². The van der Waals surface area contributed by atoms with Crippen LogP contribution in [0.5, 0.6) is 6.01 Å². The molecular formula is C10H11ClN4O. The van der Waals surface area contributed by atoms with Crippen LogP contribution < -0.4 is 10.5 Å². The van der Waals surface area contributed by atoms with Crippen molar-refractivity contribution in [3.63, 3.8) is 0 Å². The summed E-state index contributed by atoms with van der Waals surface area (Å²) in [7, 11) is 1.49. The number of rotatable bonds is 3. The van der Waals surface area contributed by atoms with Crippen molar-refractivity contribution >= 4 is 17.5 Å². The summed E-state index contributed by atoms with van der Waals surface area (Å²) in [4.78, 5) is 3.92. The van der Waals surface area contributed by atoms with Crippen LogP contribution in [0.2, 0.25) is 5.02 Å². The van der Waals surface area contributed by atoms with Crippen molar-refractivity contribution in [3.8, 4) is 6.01 Å². The number of anilines is 1. The lowest BCUT2D eigenvalue weighted by Crippen LogP contribution is -2.06. The van der Waals surface area contributed by atoms with Crippen molar-refractivity contribution in [2.45, 2.75) is 6.54 Å². The molecule has 0 unspecified atom stereocenters. The molecule has 5 nitrogen and oxygen atoms in total. The lowest BCUT2D eigenvalue weighted by atomic mass is 10.2. The number of hydrogen-bond donors (Lipinski definition) is 1. The molecule has 1 heterocycles. The quantitative estimate of drug-likeness (QED) is 0.882. The zero-order chi connectivity index (χ0) is 11.5. The van der Waals surface area contributed by atoms with Crippen molar-refractivity contribution < 1.29 is 4.74 Å². The molecule has 0 amide bonds. The first kappa shape index (κ1) is 10.8. The van der Waals surface area contributed by atoms with Gasteiger partial charge in [0.05, 0.1) is 13.7 Å². The lowest BCUT2D eigenvalue weighted by Gasteiger charge is -2.04. The van der Waals surface area contributed by atoms with E-state index in [4.69, 9.17) is 22.1 Å². The molecule has 6 heteroatoms. The number of nitrogens with zero attached hydrogens (tertiary/aromatic N) is 3. The van der Waals surface area contributed by atoms with Crippen LogP contribution in [-0.4, -0.2) is 21.9 Å². The van der Waals surface area contributed by atoms with Crippen molar-refractivity contribution in [1.82, 2.24) is 14.8 Å². The molecule has 0 spiro atoms. The van der Waals surface area contributed by atoms with E-state index in [-0.39, 0.29) is 6.01 Å². The second-order valence-corrected chi connectivity index (χ2v) is 3.61. The molecule has 0 fully saturated rings. The third-order valence-electron chi connectivity index (χ3n) is 2.14. The minimum Gasteiger partial charge on any atom is -0.466 e. The summed E-state index contributed by atoms with van der Waals surface area (Å²) < 4.78 is 6.43. The minimum absolute atomic E-state index is 0.254. The van der Waals surface area contributed by atoms with E-state index in [0.717, 1.165) is 5.56 Å². The Balaban J connectivity index is 2.27. The Kier molecular flexibility index (Phi) is 2.96. The van der Waals surface area contributed by atoms with Crippen molar-refractivity contribution in [1.29, 1.82) is 0 Å². The maximum absolute atomic E-state index is 6.03. The summed E-state index contributed by atoms with van der Waals surface area (Å²) >= 11 is 6.03. The Labute approximate surface area is 97.8 Å². The summed E-state index contributed by atoms with van der Waals surface area (Å²) in [5.74, 6) is 0.303. The molecule has 0 bridgehead atoms. The fourth-order valence-electron chi connectivity index (χ4n) is 1.32. The lowest BCUT2D eigenvalue weighted by molar-refractivity contribution is 0.377. The van der Waals surface area contributed by atoms with Gasteiger partial charge in [0.1, 0.15) is 0 Å². The van der Waals surface area contributed by atoms with E-state index < -0.39 is 0 Å². The van der Waals surface area contributed by atoms with Gasteiger partial charge in [0.2, 0.25) is 5.95 Å². The third-order valence-corrected chi connectivity index (χ3v) is 2.51. The molecule has 1 aromatic heterocycles. The van der Waals surface area contributed by atoms with E-state index >= 15 is 0 Å². The molecule has 0 saturated heterocycles. The second kappa shape index (κ2) is 4.40. The maximum atomic E-state index is 6.03. The van der Waals surface area contributed by atoms with Crippen molar-refractivity contribution in [3.05, 3.63) is 34.9 Å². The van der Waals surface area contributed by atoms with E-state index in [2.05, 4.69) is 10.1 Å². The number of benzene rings is 1. The molecule has 2 N–H and O–H groups in total. The van der Waals surface area contributed by atoms with Gasteiger partial charge >= 0.3 is 6.01 Å². The summed E-state index contributed by atoms with van der Waals surface area (Å²) in [5.41, 5.74) is 6.61. The molecule has 0 aliphatic rings. The average Bonchev–Trinajstić information content (AvgIpc) is 2.63. The van der Waals surface area contributed by atoms with Gasteiger partial charge in [-0.15, -0.1) is 5.10 Å². The fraction of sp³-hybridized carbons (Fsp3) is 0.200. The largest absolute Gasteiger partial charge is 0.466 e. The van der Waals surface area contributed by atoms with Gasteiger partial charge in [0, 0.05) is 5.02 Å². The van der Waals surface area contributed by atoms with E-state index in [1.807, 2.05) is 24.3 Å². The highest BCUT2D eigenvalue weighted by atomic mass is 35.5. The van der Waals surface area contributed by atoms with E-state index in [0.29, 0.717) is 17.5 Å². The first-order valence-corrected chi connectivity index (χ1v) is 5.06. The van der Waals surface area contributed by atoms with Crippen LogP contribution in [0.25, 0.3) is 0 Å². The molecule has 2 rings (SSSR count). The summed E-state index contributed by atoms with van der Waals surface area (Å²) in [6.45, 7) is 0.474. The van der Waals surface area contributed by atoms with Crippen LogP contribution in [0.15, 0.2) is 24.3 Å². The number of aromatic nitrogens is 3. The predicted molar refractivity (Wildman–Crippen MR) is 61.5 cm³/mol. The summed E-state index contributed by atoms with van der Waals surface area (Å²) in [6.07, 6.45) is 0. The molecule has 84 valence electrons. The Morgan fingerprint density at radius 3 is 2.81 bits per heavy atom. The van der Waals surface area contributed by atoms with Gasteiger partial charge in [-0.25, -0.2) is 4.68 Å². The number of nitrogen functional groups attached to an aromatic ring is 1. The number of halogens is 1. The zero-order valence-electron chi connectivity index (χ0n) is 8.72. The van der Waals surface area contributed by atoms with Crippen LogP contribution >= 0.6 is 11.6 Å². The van der Waals surface area contributed by atoms with Gasteiger partial charge in [0.25, 0.3) is 0 Å². The molecule has 0 aliphatic heterocycles. The molecule has 0 radical (unpaired) electrons. The second-order valence-electron chi connectivity index (χ2n) is 3.21. The number of ether oxygens (including phenoxy) is 1. The average molecular weight is 239 g/mol. The van der Waals surface area contributed by atoms with Crippen molar-refractivity contribution in [2.24, 2.45) is 0 Å². The number of hydrogen-bond acceptors (Lipinski definition) is 4. The van der Waals surface area contributed by atoms with Crippen molar-refractivity contribution in [2.75, 3.05) is 12.8 Å². The molecule has 0 saturated carbocycles. The SMILES string of the molecule is COc1nc(N)n(Cc2ccccc2Cl)n1. The highest BCUT2D eigenvalue weighted by Crippen LogP contribution is 2.17. The van der Waals surface area contributed by atoms with Crippen LogP contribution in [0.4, 0.5) is 5.95 Å². The monoisotopic (exact) mass is 238 g/mol. The van der Waals surface area contributed by atoms with E-state index in [9.17, 15) is 0 Å². The normalized spacial score (nSPS) is 10.4. The Morgan fingerprint density at radius 1 is 1.44 bits per heavy atom. The Hall–Kier alpha value is -1.75. The molecule has 2 aromatic rings. The van der Waals surface area contributed by atoms with Gasteiger partial charge in [-0.1, -0.05) is 29.8 Å². The van der Waals surface area contributed by atoms with E-state index in [1.54, 1.807) is 4.68 Å². The smallest absolute Gasteiger partial charge is 0.337 e. The van der Waals surface area contributed by atoms with Crippen LogP contribution in [0.3, 0.4) is 0 Å². The molecule has 1 aromatic carbocycles. The van der Waals surface area contributed by atoms with Gasteiger partial charge in [-0.3, -0.25) is 0 Å². The molecule has 0 aliphatic carbocycles. The zero-order valence-corrected chi connectivity index (χ0v) is 9.48. The maximum Gasteiger partial charge on any atom is 0.337 e. The third kappa shape index (κ3) is 2.09. The summed E-state index contributed by atoms with van der Waals surface area (Å²) in [5, 5.41) is 4.74. The van der Waals surface area contributed by atoms with Crippen LogP contribution in [0, 0.1) is 0 Å². The topological polar surface area (TPSA) is 66.0 Å². The van der Waals surface area contributed by atoms with Gasteiger partial charge < -0.3 is 10.5 Å². The standard InChI is InChI=1S/C10H11ClN4O/c1-16-10-13-9(12)15(14-10)6-7-4-2-3-5-8(7)11/h2-5H,6H2,1H3,(H2,12,13,14). The number of nitrogens with two attached hydrogens (primary N) is 1. The molecule has 16 heavy (non-hydrogen) atoms. The highest BCUT2D eigenvalue weighted by Gasteiger charge is 2.08. The Morgan fingerprint density at radius 2 is 2.19 bits per heavy atom. The number of methoxy groups -OCH3 is 1. The first-order chi connectivity index (χ1) is 7.70. The van der Waals surface area contributed by atoms with Gasteiger partial charge in [-0.2, -0.15) is 4.98 Å². The molecule has 0 atom stereocenters. The Bertz CT molecular complexity index is 497. The van der Waals surface area contributed by atoms with Crippen LogP contribution in [0.1, 0.15) is 5.56 Å². The highest BCUT2D eigenvalue weighted by molar-refractivity contribution is 6.31.